The molecule has 0 unspecified atom stereocenters. The molecule has 2 amide bonds. The molecule has 6 nitrogen and oxygen atoms in total. The number of halogens is 2. The maximum absolute atomic E-state index is 13.7. The zero-order chi connectivity index (χ0) is 22.6. The van der Waals surface area contributed by atoms with Crippen LogP contribution in [-0.4, -0.2) is 67.6 Å². The van der Waals surface area contributed by atoms with Crippen LogP contribution in [-0.2, 0) is 19.7 Å². The van der Waals surface area contributed by atoms with E-state index in [1.54, 1.807) is 0 Å². The smallest absolute Gasteiger partial charge is 0.238 e. The second kappa shape index (κ2) is 9.98. The quantitative estimate of drug-likeness (QED) is 0.745. The maximum atomic E-state index is 13.7. The van der Waals surface area contributed by atoms with Crippen LogP contribution in [0, 0.1) is 5.82 Å². The van der Waals surface area contributed by atoms with Crippen molar-refractivity contribution in [3.63, 3.8) is 0 Å². The molecule has 0 aliphatic carbocycles. The van der Waals surface area contributed by atoms with Crippen LogP contribution >= 0.6 is 11.6 Å². The first-order valence-electron chi connectivity index (χ1n) is 10.9. The Kier molecular flexibility index (Phi) is 7.08. The fourth-order valence-corrected chi connectivity index (χ4v) is 4.67. The zero-order valence-electron chi connectivity index (χ0n) is 17.9. The van der Waals surface area contributed by atoms with Crippen LogP contribution in [0.15, 0.2) is 48.5 Å². The van der Waals surface area contributed by atoms with Gasteiger partial charge in [-0.1, -0.05) is 23.7 Å². The third-order valence-electron chi connectivity index (χ3n) is 6.29. The fourth-order valence-electron chi connectivity index (χ4n) is 4.48. The summed E-state index contributed by atoms with van der Waals surface area (Å²) in [6.07, 6.45) is 1.26. The first-order chi connectivity index (χ1) is 15.5. The highest BCUT2D eigenvalue weighted by Gasteiger charge is 2.44. The van der Waals surface area contributed by atoms with E-state index < -0.39 is 5.41 Å². The van der Waals surface area contributed by atoms with Gasteiger partial charge in [-0.05, 0) is 54.8 Å². The Labute approximate surface area is 192 Å². The molecule has 2 aliphatic heterocycles. The van der Waals surface area contributed by atoms with Crippen molar-refractivity contribution in [1.29, 1.82) is 0 Å². The Morgan fingerprint density at radius 3 is 2.38 bits per heavy atom. The number of carbonyl (C=O) groups excluding carboxylic acids is 2. The number of nitrogens with one attached hydrogen (secondary N) is 1. The fraction of sp³-hybridized carbons (Fsp3) is 0.417. The molecule has 0 radical (unpaired) electrons. The van der Waals surface area contributed by atoms with Crippen LogP contribution in [0.2, 0.25) is 5.02 Å². The minimum absolute atomic E-state index is 0.110. The normalized spacial score (nSPS) is 18.9. The minimum Gasteiger partial charge on any atom is -0.381 e. The lowest BCUT2D eigenvalue weighted by Crippen LogP contribution is -2.56. The van der Waals surface area contributed by atoms with Gasteiger partial charge in [-0.3, -0.25) is 14.5 Å². The molecule has 0 saturated carbocycles. The Hall–Kier alpha value is -2.48. The van der Waals surface area contributed by atoms with Crippen molar-refractivity contribution in [3.8, 4) is 0 Å². The van der Waals surface area contributed by atoms with Crippen molar-refractivity contribution in [3.05, 3.63) is 64.9 Å². The molecule has 2 aromatic rings. The Morgan fingerprint density at radius 2 is 1.72 bits per heavy atom. The van der Waals surface area contributed by atoms with Crippen molar-refractivity contribution in [2.75, 3.05) is 51.3 Å². The number of amides is 2. The molecule has 2 saturated heterocycles. The summed E-state index contributed by atoms with van der Waals surface area (Å²) in [4.78, 5) is 30.0. The van der Waals surface area contributed by atoms with Gasteiger partial charge < -0.3 is 15.0 Å². The number of hydrogen-bond acceptors (Lipinski definition) is 4. The number of nitrogens with zero attached hydrogens (tertiary/aromatic N) is 2. The molecule has 0 aromatic heterocycles. The van der Waals surface area contributed by atoms with E-state index in [1.807, 2.05) is 34.1 Å². The topological polar surface area (TPSA) is 61.9 Å². The maximum Gasteiger partial charge on any atom is 0.238 e. The van der Waals surface area contributed by atoms with Crippen LogP contribution in [0.4, 0.5) is 10.1 Å². The zero-order valence-corrected chi connectivity index (χ0v) is 18.6. The number of piperazine rings is 1. The summed E-state index contributed by atoms with van der Waals surface area (Å²) in [5, 5.41) is 3.40. The summed E-state index contributed by atoms with van der Waals surface area (Å²) in [5.41, 5.74) is 0.887. The minimum atomic E-state index is -0.620. The SMILES string of the molecule is O=C(CN1CCN(C(=O)C2(c3cccc(Cl)c3)CCOCC2)CC1)Nc1ccc(F)cc1. The van der Waals surface area contributed by atoms with E-state index >= 15 is 0 Å². The third kappa shape index (κ3) is 5.11. The first-order valence-corrected chi connectivity index (χ1v) is 11.2. The lowest BCUT2D eigenvalue weighted by molar-refractivity contribution is -0.143. The van der Waals surface area contributed by atoms with Crippen molar-refractivity contribution in [1.82, 2.24) is 9.80 Å². The lowest BCUT2D eigenvalue weighted by atomic mass is 9.73. The molecular weight excluding hydrogens is 433 g/mol. The van der Waals surface area contributed by atoms with Gasteiger partial charge in [0.15, 0.2) is 0 Å². The van der Waals surface area contributed by atoms with E-state index in [1.165, 1.54) is 24.3 Å². The molecule has 32 heavy (non-hydrogen) atoms. The van der Waals surface area contributed by atoms with Gasteiger partial charge in [-0.15, -0.1) is 0 Å². The first kappa shape index (κ1) is 22.7. The van der Waals surface area contributed by atoms with Gasteiger partial charge in [0, 0.05) is 50.1 Å². The molecule has 1 N–H and O–H groups in total. The summed E-state index contributed by atoms with van der Waals surface area (Å²) in [6.45, 7) is 3.67. The molecule has 4 rings (SSSR count). The van der Waals surface area contributed by atoms with Gasteiger partial charge in [0.05, 0.1) is 12.0 Å². The Morgan fingerprint density at radius 1 is 1.03 bits per heavy atom. The lowest BCUT2D eigenvalue weighted by Gasteiger charge is -2.43. The highest BCUT2D eigenvalue weighted by molar-refractivity contribution is 6.30. The van der Waals surface area contributed by atoms with Crippen LogP contribution in [0.5, 0.6) is 0 Å². The Balaban J connectivity index is 1.36. The highest BCUT2D eigenvalue weighted by Crippen LogP contribution is 2.38. The van der Waals surface area contributed by atoms with Gasteiger partial charge in [0.2, 0.25) is 11.8 Å². The molecule has 2 heterocycles. The number of rotatable bonds is 5. The van der Waals surface area contributed by atoms with E-state index in [9.17, 15) is 14.0 Å². The standard InChI is InChI=1S/C24H27ClFN3O3/c25-19-3-1-2-18(16-19)24(8-14-32-15-9-24)23(31)29-12-10-28(11-13-29)17-22(30)27-21-6-4-20(26)5-7-21/h1-7,16H,8-15,17H2,(H,27,30). The predicted octanol–water partition coefficient (Wildman–Crippen LogP) is 3.31. The molecule has 0 atom stereocenters. The van der Waals surface area contributed by atoms with E-state index in [0.717, 1.165) is 5.56 Å². The van der Waals surface area contributed by atoms with Crippen molar-refractivity contribution < 1.29 is 18.7 Å². The van der Waals surface area contributed by atoms with Crippen LogP contribution < -0.4 is 5.32 Å². The average Bonchev–Trinajstić information content (AvgIpc) is 2.81. The van der Waals surface area contributed by atoms with Crippen LogP contribution in [0.1, 0.15) is 18.4 Å². The summed E-state index contributed by atoms with van der Waals surface area (Å²) in [5.74, 6) is -0.390. The van der Waals surface area contributed by atoms with Crippen molar-refractivity contribution in [2.45, 2.75) is 18.3 Å². The molecule has 2 fully saturated rings. The largest absolute Gasteiger partial charge is 0.381 e. The monoisotopic (exact) mass is 459 g/mol. The van der Waals surface area contributed by atoms with E-state index in [0.29, 0.717) is 62.9 Å². The number of ether oxygens (including phenoxy) is 1. The summed E-state index contributed by atoms with van der Waals surface area (Å²) >= 11 is 6.23. The summed E-state index contributed by atoms with van der Waals surface area (Å²) in [7, 11) is 0. The predicted molar refractivity (Wildman–Crippen MR) is 121 cm³/mol. The molecule has 2 aromatic carbocycles. The molecule has 170 valence electrons. The van der Waals surface area contributed by atoms with Crippen LogP contribution in [0.3, 0.4) is 0 Å². The van der Waals surface area contributed by atoms with E-state index in [2.05, 4.69) is 5.32 Å². The molecule has 0 spiro atoms. The van der Waals surface area contributed by atoms with Gasteiger partial charge in [-0.2, -0.15) is 0 Å². The number of benzene rings is 2. The summed E-state index contributed by atoms with van der Waals surface area (Å²) < 4.78 is 18.6. The van der Waals surface area contributed by atoms with Gasteiger partial charge >= 0.3 is 0 Å². The molecule has 8 heteroatoms. The van der Waals surface area contributed by atoms with E-state index in [-0.39, 0.29) is 24.2 Å². The number of carbonyl (C=O) groups is 2. The summed E-state index contributed by atoms with van der Waals surface area (Å²) in [6, 6.07) is 13.3. The molecular formula is C24H27ClFN3O3. The van der Waals surface area contributed by atoms with Gasteiger partial charge in [0.1, 0.15) is 5.82 Å². The molecule has 2 aliphatic rings. The van der Waals surface area contributed by atoms with Crippen molar-refractivity contribution in [2.24, 2.45) is 0 Å². The highest BCUT2D eigenvalue weighted by atomic mass is 35.5. The second-order valence-electron chi connectivity index (χ2n) is 8.33. The second-order valence-corrected chi connectivity index (χ2v) is 8.76. The molecule has 0 bridgehead atoms. The third-order valence-corrected chi connectivity index (χ3v) is 6.52. The van der Waals surface area contributed by atoms with Crippen LogP contribution in [0.25, 0.3) is 0 Å². The number of hydrogen-bond donors (Lipinski definition) is 1. The van der Waals surface area contributed by atoms with Gasteiger partial charge in [0.25, 0.3) is 0 Å². The Bertz CT molecular complexity index is 955. The average molecular weight is 460 g/mol. The number of anilines is 1. The van der Waals surface area contributed by atoms with Crippen molar-refractivity contribution >= 4 is 29.1 Å². The van der Waals surface area contributed by atoms with Gasteiger partial charge in [-0.25, -0.2) is 4.39 Å². The van der Waals surface area contributed by atoms with E-state index in [4.69, 9.17) is 16.3 Å².